The van der Waals surface area contributed by atoms with Crippen molar-refractivity contribution in [1.82, 2.24) is 9.78 Å². The third kappa shape index (κ3) is 2.80. The van der Waals surface area contributed by atoms with Gasteiger partial charge in [0.15, 0.2) is 0 Å². The van der Waals surface area contributed by atoms with Crippen molar-refractivity contribution in [2.45, 2.75) is 20.4 Å². The Kier molecular flexibility index (Phi) is 3.38. The molecule has 17 heavy (non-hydrogen) atoms. The second-order valence-electron chi connectivity index (χ2n) is 4.23. The fourth-order valence-electron chi connectivity index (χ4n) is 1.84. The van der Waals surface area contributed by atoms with Gasteiger partial charge in [0.1, 0.15) is 0 Å². The molecule has 0 saturated heterocycles. The number of hydrogen-bond acceptors (Lipinski definition) is 2. The Morgan fingerprint density at radius 2 is 2.12 bits per heavy atom. The van der Waals surface area contributed by atoms with Crippen LogP contribution >= 0.6 is 11.6 Å². The minimum Gasteiger partial charge on any atom is -0.381 e. The molecule has 2 rings (SSSR count). The van der Waals surface area contributed by atoms with E-state index in [9.17, 15) is 0 Å². The third-order valence-corrected chi connectivity index (χ3v) is 3.01. The SMILES string of the molecule is Cc1cc(Cl)ccc1NCc1cn(C)nc1C. The molecule has 3 nitrogen and oxygen atoms in total. The summed E-state index contributed by atoms with van der Waals surface area (Å²) in [4.78, 5) is 0. The van der Waals surface area contributed by atoms with E-state index in [1.165, 1.54) is 5.56 Å². The van der Waals surface area contributed by atoms with E-state index in [0.717, 1.165) is 28.5 Å². The first-order valence-corrected chi connectivity index (χ1v) is 5.93. The van der Waals surface area contributed by atoms with Gasteiger partial charge in [-0.1, -0.05) is 11.6 Å². The molecule has 0 spiro atoms. The third-order valence-electron chi connectivity index (χ3n) is 2.77. The van der Waals surface area contributed by atoms with E-state index < -0.39 is 0 Å². The van der Waals surface area contributed by atoms with Gasteiger partial charge in [0.25, 0.3) is 0 Å². The second kappa shape index (κ2) is 4.80. The Labute approximate surface area is 106 Å². The fourth-order valence-corrected chi connectivity index (χ4v) is 2.06. The van der Waals surface area contributed by atoms with Crippen molar-refractivity contribution in [2.24, 2.45) is 7.05 Å². The Balaban J connectivity index is 2.10. The molecule has 0 aliphatic heterocycles. The molecule has 1 aromatic heterocycles. The minimum absolute atomic E-state index is 0.769. The molecule has 1 N–H and O–H groups in total. The van der Waals surface area contributed by atoms with Gasteiger partial charge in [-0.05, 0) is 37.6 Å². The smallest absolute Gasteiger partial charge is 0.0643 e. The molecular formula is C13H16ClN3. The molecule has 0 saturated carbocycles. The highest BCUT2D eigenvalue weighted by Crippen LogP contribution is 2.20. The topological polar surface area (TPSA) is 29.9 Å². The molecule has 1 heterocycles. The van der Waals surface area contributed by atoms with Gasteiger partial charge in [-0.25, -0.2) is 0 Å². The van der Waals surface area contributed by atoms with E-state index in [1.54, 1.807) is 0 Å². The Bertz CT molecular complexity index is 531. The molecule has 0 bridgehead atoms. The summed E-state index contributed by atoms with van der Waals surface area (Å²) in [5, 5.41) is 8.48. The van der Waals surface area contributed by atoms with Gasteiger partial charge < -0.3 is 5.32 Å². The van der Waals surface area contributed by atoms with E-state index in [0.29, 0.717) is 0 Å². The van der Waals surface area contributed by atoms with Crippen molar-refractivity contribution in [3.8, 4) is 0 Å². The first kappa shape index (κ1) is 12.0. The maximum Gasteiger partial charge on any atom is 0.0643 e. The van der Waals surface area contributed by atoms with Crippen LogP contribution in [0, 0.1) is 13.8 Å². The lowest BCUT2D eigenvalue weighted by atomic mass is 10.2. The molecule has 0 radical (unpaired) electrons. The molecule has 0 aliphatic rings. The zero-order chi connectivity index (χ0) is 12.4. The van der Waals surface area contributed by atoms with Crippen LogP contribution in [0.1, 0.15) is 16.8 Å². The van der Waals surface area contributed by atoms with Crippen molar-refractivity contribution < 1.29 is 0 Å². The predicted octanol–water partition coefficient (Wildman–Crippen LogP) is 3.30. The lowest BCUT2D eigenvalue weighted by molar-refractivity contribution is 0.756. The maximum atomic E-state index is 5.92. The van der Waals surface area contributed by atoms with Gasteiger partial charge in [-0.15, -0.1) is 0 Å². The standard InChI is InChI=1S/C13H16ClN3/c1-9-6-12(14)4-5-13(9)15-7-11-8-17(3)16-10(11)2/h4-6,8,15H,7H2,1-3H3. The molecule has 4 heteroatoms. The van der Waals surface area contributed by atoms with Crippen molar-refractivity contribution >= 4 is 17.3 Å². The number of anilines is 1. The van der Waals surface area contributed by atoms with Crippen LogP contribution < -0.4 is 5.32 Å². The highest BCUT2D eigenvalue weighted by molar-refractivity contribution is 6.30. The molecule has 0 fully saturated rings. The van der Waals surface area contributed by atoms with E-state index in [2.05, 4.69) is 10.4 Å². The van der Waals surface area contributed by atoms with Crippen molar-refractivity contribution in [1.29, 1.82) is 0 Å². The molecular weight excluding hydrogens is 234 g/mol. The summed E-state index contributed by atoms with van der Waals surface area (Å²) in [6.07, 6.45) is 2.04. The summed E-state index contributed by atoms with van der Waals surface area (Å²) in [7, 11) is 1.93. The number of hydrogen-bond donors (Lipinski definition) is 1. The van der Waals surface area contributed by atoms with Gasteiger partial charge in [0.05, 0.1) is 5.69 Å². The van der Waals surface area contributed by atoms with E-state index in [1.807, 2.05) is 50.0 Å². The first-order valence-electron chi connectivity index (χ1n) is 5.55. The van der Waals surface area contributed by atoms with Crippen LogP contribution in [0.3, 0.4) is 0 Å². The minimum atomic E-state index is 0.769. The second-order valence-corrected chi connectivity index (χ2v) is 4.66. The van der Waals surface area contributed by atoms with Crippen LogP contribution in [-0.2, 0) is 13.6 Å². The lowest BCUT2D eigenvalue weighted by Crippen LogP contribution is -2.01. The summed E-state index contributed by atoms with van der Waals surface area (Å²) in [6, 6.07) is 5.86. The largest absolute Gasteiger partial charge is 0.381 e. The molecule has 1 aromatic carbocycles. The van der Waals surface area contributed by atoms with Gasteiger partial charge in [0.2, 0.25) is 0 Å². The van der Waals surface area contributed by atoms with E-state index in [-0.39, 0.29) is 0 Å². The van der Waals surface area contributed by atoms with Crippen LogP contribution in [0.4, 0.5) is 5.69 Å². The zero-order valence-corrected chi connectivity index (χ0v) is 11.0. The number of nitrogens with zero attached hydrogens (tertiary/aromatic N) is 2. The van der Waals surface area contributed by atoms with Gasteiger partial charge in [0, 0.05) is 36.1 Å². The number of rotatable bonds is 3. The van der Waals surface area contributed by atoms with Gasteiger partial charge in [-0.2, -0.15) is 5.10 Å². The highest BCUT2D eigenvalue weighted by Gasteiger charge is 2.04. The summed E-state index contributed by atoms with van der Waals surface area (Å²) in [6.45, 7) is 4.85. The van der Waals surface area contributed by atoms with Crippen LogP contribution in [0.5, 0.6) is 0 Å². The Hall–Kier alpha value is -1.48. The average Bonchev–Trinajstić information content (AvgIpc) is 2.56. The number of halogens is 1. The Morgan fingerprint density at radius 3 is 2.71 bits per heavy atom. The van der Waals surface area contributed by atoms with E-state index in [4.69, 9.17) is 11.6 Å². The lowest BCUT2D eigenvalue weighted by Gasteiger charge is -2.09. The quantitative estimate of drug-likeness (QED) is 0.905. The van der Waals surface area contributed by atoms with Crippen LogP contribution in [-0.4, -0.2) is 9.78 Å². The summed E-state index contributed by atoms with van der Waals surface area (Å²) < 4.78 is 1.83. The Morgan fingerprint density at radius 1 is 1.35 bits per heavy atom. The summed E-state index contributed by atoms with van der Waals surface area (Å²) in [5.41, 5.74) is 4.53. The van der Waals surface area contributed by atoms with Gasteiger partial charge in [-0.3, -0.25) is 4.68 Å². The van der Waals surface area contributed by atoms with Crippen molar-refractivity contribution in [3.05, 3.63) is 46.2 Å². The predicted molar refractivity (Wildman–Crippen MR) is 71.5 cm³/mol. The molecule has 0 aliphatic carbocycles. The van der Waals surface area contributed by atoms with Crippen molar-refractivity contribution in [2.75, 3.05) is 5.32 Å². The summed E-state index contributed by atoms with van der Waals surface area (Å²) >= 11 is 5.92. The number of aromatic nitrogens is 2. The number of nitrogens with one attached hydrogen (secondary N) is 1. The summed E-state index contributed by atoms with van der Waals surface area (Å²) in [5.74, 6) is 0. The van der Waals surface area contributed by atoms with Crippen LogP contribution in [0.25, 0.3) is 0 Å². The monoisotopic (exact) mass is 249 g/mol. The van der Waals surface area contributed by atoms with Crippen molar-refractivity contribution in [3.63, 3.8) is 0 Å². The normalized spacial score (nSPS) is 10.6. The molecule has 90 valence electrons. The fraction of sp³-hybridized carbons (Fsp3) is 0.308. The van der Waals surface area contributed by atoms with Crippen LogP contribution in [0.2, 0.25) is 5.02 Å². The first-order chi connectivity index (χ1) is 8.06. The average molecular weight is 250 g/mol. The van der Waals surface area contributed by atoms with E-state index >= 15 is 0 Å². The number of aryl methyl sites for hydroxylation is 3. The molecule has 0 unspecified atom stereocenters. The van der Waals surface area contributed by atoms with Crippen LogP contribution in [0.15, 0.2) is 24.4 Å². The maximum absolute atomic E-state index is 5.92. The molecule has 2 aromatic rings. The van der Waals surface area contributed by atoms with Gasteiger partial charge >= 0.3 is 0 Å². The molecule has 0 amide bonds. The zero-order valence-electron chi connectivity index (χ0n) is 10.3. The number of benzene rings is 1. The molecule has 0 atom stereocenters. The highest BCUT2D eigenvalue weighted by atomic mass is 35.5.